The number of nitrogens with one attached hydrogen (secondary N) is 2. The Morgan fingerprint density at radius 3 is 2.81 bits per heavy atom. The largest absolute Gasteiger partial charge is 0.496 e. The Labute approximate surface area is 222 Å². The number of methoxy groups -OCH3 is 2. The monoisotopic (exact) mass is 531 g/mol. The maximum Gasteiger partial charge on any atom is 0.328 e. The Kier molecular flexibility index (Phi) is 11.3. The van der Waals surface area contributed by atoms with E-state index in [-0.39, 0.29) is 30.8 Å². The minimum Gasteiger partial charge on any atom is -0.496 e. The first-order valence-electron chi connectivity index (χ1n) is 12.4. The number of hydrogen-bond donors (Lipinski definition) is 2. The number of thioether (sulfide) groups is 1. The molecule has 1 aliphatic rings. The first kappa shape index (κ1) is 28.5. The summed E-state index contributed by atoms with van der Waals surface area (Å²) in [6, 6.07) is 6.96. The van der Waals surface area contributed by atoms with Crippen LogP contribution >= 0.6 is 11.8 Å². The topological polar surface area (TPSA) is 117 Å². The predicted octanol–water partition coefficient (Wildman–Crippen LogP) is 1.86. The Bertz CT molecular complexity index is 1020. The molecule has 3 rings (SSSR count). The summed E-state index contributed by atoms with van der Waals surface area (Å²) in [4.78, 5) is 49.3. The van der Waals surface area contributed by atoms with E-state index in [0.29, 0.717) is 31.7 Å². The van der Waals surface area contributed by atoms with E-state index < -0.39 is 12.0 Å². The van der Waals surface area contributed by atoms with Gasteiger partial charge < -0.3 is 24.7 Å². The lowest BCUT2D eigenvalue weighted by Gasteiger charge is -2.31. The number of aromatic nitrogens is 2. The second-order valence-corrected chi connectivity index (χ2v) is 10.0. The molecular formula is C26H37N5O5S. The van der Waals surface area contributed by atoms with Crippen molar-refractivity contribution in [2.24, 2.45) is 0 Å². The quantitative estimate of drug-likeness (QED) is 0.355. The van der Waals surface area contributed by atoms with Crippen LogP contribution in [0.25, 0.3) is 0 Å². The van der Waals surface area contributed by atoms with Crippen molar-refractivity contribution in [1.82, 2.24) is 25.1 Å². The summed E-state index contributed by atoms with van der Waals surface area (Å²) in [5.41, 5.74) is 1.65. The number of carbonyl (C=O) groups excluding carboxylic acids is 3. The third-order valence-corrected chi connectivity index (χ3v) is 7.08. The highest BCUT2D eigenvalue weighted by molar-refractivity contribution is 7.98. The summed E-state index contributed by atoms with van der Waals surface area (Å²) in [5, 5.41) is 2.84. The Balaban J connectivity index is 1.73. The number of amides is 2. The Hall–Kier alpha value is -3.05. The van der Waals surface area contributed by atoms with Gasteiger partial charge in [0.05, 0.1) is 39.2 Å². The van der Waals surface area contributed by atoms with Gasteiger partial charge in [0.15, 0.2) is 0 Å². The minimum atomic E-state index is -0.698. The van der Waals surface area contributed by atoms with Gasteiger partial charge in [0.25, 0.3) is 0 Å². The molecule has 0 bridgehead atoms. The molecular weight excluding hydrogens is 494 g/mol. The molecule has 1 aromatic heterocycles. The molecule has 1 aliphatic heterocycles. The second-order valence-electron chi connectivity index (χ2n) is 9.03. The number of aromatic amines is 1. The zero-order chi connectivity index (χ0) is 26.6. The summed E-state index contributed by atoms with van der Waals surface area (Å²) < 4.78 is 10.4. The molecule has 2 N–H and O–H groups in total. The molecule has 0 spiro atoms. The smallest absolute Gasteiger partial charge is 0.328 e. The van der Waals surface area contributed by atoms with Crippen molar-refractivity contribution in [3.63, 3.8) is 0 Å². The number of hydrogen-bond acceptors (Lipinski definition) is 8. The molecule has 0 radical (unpaired) electrons. The fraction of sp³-hybridized carbons (Fsp3) is 0.538. The lowest BCUT2D eigenvalue weighted by atomic mass is 10.1. The zero-order valence-electron chi connectivity index (χ0n) is 21.8. The highest BCUT2D eigenvalue weighted by Gasteiger charge is 2.31. The number of carbonyl (C=O) groups is 3. The highest BCUT2D eigenvalue weighted by Crippen LogP contribution is 2.23. The number of H-pyrrole nitrogens is 1. The number of esters is 1. The van der Waals surface area contributed by atoms with Crippen LogP contribution in [-0.2, 0) is 32.1 Å². The molecule has 0 saturated carbocycles. The van der Waals surface area contributed by atoms with Crippen molar-refractivity contribution in [3.8, 4) is 5.75 Å². The summed E-state index contributed by atoms with van der Waals surface area (Å²) >= 11 is 1.60. The van der Waals surface area contributed by atoms with Gasteiger partial charge in [0, 0.05) is 37.4 Å². The van der Waals surface area contributed by atoms with E-state index in [9.17, 15) is 14.4 Å². The number of likely N-dealkylation sites (tertiary alicyclic amines) is 1. The number of rotatable bonds is 14. The second kappa shape index (κ2) is 14.6. The van der Waals surface area contributed by atoms with E-state index in [2.05, 4.69) is 15.3 Å². The lowest BCUT2D eigenvalue weighted by Crippen LogP contribution is -2.49. The molecule has 2 amide bonds. The van der Waals surface area contributed by atoms with Crippen LogP contribution in [0.3, 0.4) is 0 Å². The van der Waals surface area contributed by atoms with E-state index in [1.54, 1.807) is 31.4 Å². The van der Waals surface area contributed by atoms with Crippen LogP contribution in [0.15, 0.2) is 36.8 Å². The zero-order valence-corrected chi connectivity index (χ0v) is 22.6. The predicted molar refractivity (Wildman–Crippen MR) is 142 cm³/mol. The van der Waals surface area contributed by atoms with E-state index in [1.165, 1.54) is 7.11 Å². The van der Waals surface area contributed by atoms with Crippen molar-refractivity contribution < 1.29 is 23.9 Å². The number of benzene rings is 1. The number of nitrogens with zero attached hydrogens (tertiary/aromatic N) is 3. The van der Waals surface area contributed by atoms with Crippen LogP contribution < -0.4 is 10.1 Å². The molecule has 1 aromatic carbocycles. The van der Waals surface area contributed by atoms with E-state index in [0.717, 1.165) is 29.9 Å². The van der Waals surface area contributed by atoms with E-state index in [1.807, 2.05) is 40.3 Å². The van der Waals surface area contributed by atoms with Crippen LogP contribution in [0.2, 0.25) is 0 Å². The third-order valence-electron chi connectivity index (χ3n) is 6.44. The standard InChI is InChI=1S/C26H37N5O5S/c1-35-23-9-5-4-7-19(23)15-30(17-24(32)29-22(10-12-37-3)26(34)36-2)16-21-8-6-11-31(21)25(33)13-20-14-27-18-28-20/h4-5,7,9,14,18,21-22H,6,8,10-13,15-17H2,1-3H3,(H,27,28)(H,29,32)/t21-,22-/m0/s1. The summed E-state index contributed by atoms with van der Waals surface area (Å²) in [6.07, 6.45) is 7.74. The van der Waals surface area contributed by atoms with Gasteiger partial charge in [-0.05, 0) is 37.3 Å². The first-order valence-corrected chi connectivity index (χ1v) is 13.8. The molecule has 202 valence electrons. The van der Waals surface area contributed by atoms with E-state index in [4.69, 9.17) is 9.47 Å². The van der Waals surface area contributed by atoms with Gasteiger partial charge in [-0.1, -0.05) is 18.2 Å². The van der Waals surface area contributed by atoms with Gasteiger partial charge in [-0.3, -0.25) is 14.5 Å². The van der Waals surface area contributed by atoms with Crippen LogP contribution in [-0.4, -0.2) is 95.5 Å². The highest BCUT2D eigenvalue weighted by atomic mass is 32.2. The van der Waals surface area contributed by atoms with Crippen molar-refractivity contribution in [3.05, 3.63) is 48.0 Å². The molecule has 11 heteroatoms. The molecule has 1 saturated heterocycles. The van der Waals surface area contributed by atoms with Crippen molar-refractivity contribution in [1.29, 1.82) is 0 Å². The number of para-hydroxylation sites is 1. The maximum absolute atomic E-state index is 13.1. The van der Waals surface area contributed by atoms with Crippen molar-refractivity contribution in [2.45, 2.75) is 44.3 Å². The maximum atomic E-state index is 13.1. The van der Waals surface area contributed by atoms with Gasteiger partial charge in [-0.15, -0.1) is 0 Å². The molecule has 1 fully saturated rings. The average molecular weight is 532 g/mol. The molecule has 10 nitrogen and oxygen atoms in total. The van der Waals surface area contributed by atoms with Gasteiger partial charge in [0.2, 0.25) is 11.8 Å². The first-order chi connectivity index (χ1) is 17.9. The van der Waals surface area contributed by atoms with Gasteiger partial charge in [0.1, 0.15) is 11.8 Å². The summed E-state index contributed by atoms with van der Waals surface area (Å²) in [5.74, 6) is 0.765. The van der Waals surface area contributed by atoms with Gasteiger partial charge in [-0.25, -0.2) is 9.78 Å². The Morgan fingerprint density at radius 1 is 1.30 bits per heavy atom. The fourth-order valence-corrected chi connectivity index (χ4v) is 5.10. The van der Waals surface area contributed by atoms with E-state index >= 15 is 0 Å². The minimum absolute atomic E-state index is 0.0261. The molecule has 0 unspecified atom stereocenters. The van der Waals surface area contributed by atoms with Crippen molar-refractivity contribution >= 4 is 29.5 Å². The molecule has 37 heavy (non-hydrogen) atoms. The normalized spacial score (nSPS) is 16.0. The fourth-order valence-electron chi connectivity index (χ4n) is 4.63. The van der Waals surface area contributed by atoms with Crippen LogP contribution in [0.5, 0.6) is 5.75 Å². The SMILES string of the molecule is COC(=O)[C@H](CCSC)NC(=O)CN(Cc1ccccc1OC)C[C@@H]1CCCN1C(=O)Cc1c[nH]cn1. The molecule has 2 aromatic rings. The van der Waals surface area contributed by atoms with Crippen LogP contribution in [0, 0.1) is 0 Å². The summed E-state index contributed by atoms with van der Waals surface area (Å²) in [7, 11) is 2.94. The molecule has 2 heterocycles. The van der Waals surface area contributed by atoms with Gasteiger partial charge >= 0.3 is 5.97 Å². The summed E-state index contributed by atoms with van der Waals surface area (Å²) in [6.45, 7) is 1.74. The Morgan fingerprint density at radius 2 is 2.11 bits per heavy atom. The van der Waals surface area contributed by atoms with Crippen molar-refractivity contribution in [2.75, 3.05) is 45.9 Å². The van der Waals surface area contributed by atoms with Crippen LogP contribution in [0.4, 0.5) is 0 Å². The number of imidazole rings is 1. The van der Waals surface area contributed by atoms with Gasteiger partial charge in [-0.2, -0.15) is 11.8 Å². The third kappa shape index (κ3) is 8.50. The average Bonchev–Trinajstić information content (AvgIpc) is 3.58. The molecule has 0 aliphatic carbocycles. The lowest BCUT2D eigenvalue weighted by molar-refractivity contribution is -0.145. The number of ether oxygens (including phenoxy) is 2. The van der Waals surface area contributed by atoms with Crippen LogP contribution in [0.1, 0.15) is 30.5 Å². The molecule has 2 atom stereocenters.